The SMILES string of the molecule is Cc1cc(=O)n2nc(N3CCc4ncc(-c5ccccc5Cl)cc4C3)c(C)cc2n1. The zero-order valence-electron chi connectivity index (χ0n) is 16.8. The second-order valence-electron chi connectivity index (χ2n) is 7.64. The first-order valence-electron chi connectivity index (χ1n) is 9.85. The number of benzene rings is 1. The molecule has 0 saturated carbocycles. The van der Waals surface area contributed by atoms with Crippen LogP contribution in [0.4, 0.5) is 5.82 Å². The van der Waals surface area contributed by atoms with E-state index < -0.39 is 0 Å². The number of aromatic nitrogens is 4. The fourth-order valence-corrected chi connectivity index (χ4v) is 4.25. The van der Waals surface area contributed by atoms with Crippen LogP contribution < -0.4 is 10.5 Å². The molecule has 1 aromatic carbocycles. The Hall–Kier alpha value is -3.25. The summed E-state index contributed by atoms with van der Waals surface area (Å²) in [7, 11) is 0. The minimum absolute atomic E-state index is 0.168. The molecular formula is C23H20ClN5O. The third kappa shape index (κ3) is 3.23. The second kappa shape index (κ2) is 7.22. The maximum absolute atomic E-state index is 12.4. The van der Waals surface area contributed by atoms with Gasteiger partial charge in [-0.1, -0.05) is 29.8 Å². The molecule has 1 aliphatic rings. The van der Waals surface area contributed by atoms with Crippen molar-refractivity contribution in [1.29, 1.82) is 0 Å². The standard InChI is InChI=1S/C23H20ClN5O/c1-14-9-21-26-15(2)10-22(30)29(21)27-23(14)28-8-7-20-17(13-28)11-16(12-25-20)18-5-3-4-6-19(18)24/h3-6,9-12H,7-8,13H2,1-2H3. The van der Waals surface area contributed by atoms with Gasteiger partial charge in [-0.2, -0.15) is 4.52 Å². The van der Waals surface area contributed by atoms with Crippen molar-refractivity contribution in [1.82, 2.24) is 19.6 Å². The van der Waals surface area contributed by atoms with Crippen molar-refractivity contribution in [3.8, 4) is 11.1 Å². The Morgan fingerprint density at radius 3 is 2.77 bits per heavy atom. The first-order valence-corrected chi connectivity index (χ1v) is 10.2. The molecule has 0 saturated heterocycles. The van der Waals surface area contributed by atoms with Gasteiger partial charge in [0.1, 0.15) is 0 Å². The molecule has 5 rings (SSSR count). The third-order valence-electron chi connectivity index (χ3n) is 5.47. The van der Waals surface area contributed by atoms with E-state index in [0.29, 0.717) is 22.9 Å². The van der Waals surface area contributed by atoms with Crippen molar-refractivity contribution in [2.45, 2.75) is 26.8 Å². The van der Waals surface area contributed by atoms with Gasteiger partial charge in [0.15, 0.2) is 11.5 Å². The molecule has 0 aliphatic carbocycles. The lowest BCUT2D eigenvalue weighted by Crippen LogP contribution is -2.33. The highest BCUT2D eigenvalue weighted by Gasteiger charge is 2.22. The highest BCUT2D eigenvalue weighted by Crippen LogP contribution is 2.31. The number of hydrogen-bond acceptors (Lipinski definition) is 5. The Bertz CT molecular complexity index is 1350. The molecule has 4 heterocycles. The van der Waals surface area contributed by atoms with E-state index in [4.69, 9.17) is 16.6 Å². The first kappa shape index (κ1) is 18.8. The molecule has 0 amide bonds. The highest BCUT2D eigenvalue weighted by molar-refractivity contribution is 6.33. The summed E-state index contributed by atoms with van der Waals surface area (Å²) in [6.45, 7) is 5.29. The maximum Gasteiger partial charge on any atom is 0.274 e. The molecule has 0 fully saturated rings. The molecule has 150 valence electrons. The number of halogens is 1. The van der Waals surface area contributed by atoms with Gasteiger partial charge in [0.25, 0.3) is 5.56 Å². The molecular weight excluding hydrogens is 398 g/mol. The van der Waals surface area contributed by atoms with Crippen LogP contribution in [0.5, 0.6) is 0 Å². The van der Waals surface area contributed by atoms with Crippen molar-refractivity contribution in [3.05, 3.63) is 86.6 Å². The number of nitrogens with zero attached hydrogens (tertiary/aromatic N) is 5. The van der Waals surface area contributed by atoms with Gasteiger partial charge < -0.3 is 4.90 Å². The van der Waals surface area contributed by atoms with Crippen LogP contribution >= 0.6 is 11.6 Å². The predicted molar refractivity (Wildman–Crippen MR) is 118 cm³/mol. The van der Waals surface area contributed by atoms with Crippen molar-refractivity contribution in [2.24, 2.45) is 0 Å². The summed E-state index contributed by atoms with van der Waals surface area (Å²) in [6, 6.07) is 13.4. The van der Waals surface area contributed by atoms with Gasteiger partial charge in [0.05, 0.1) is 0 Å². The van der Waals surface area contributed by atoms with Crippen LogP contribution in [-0.4, -0.2) is 26.1 Å². The number of fused-ring (bicyclic) bond motifs is 2. The van der Waals surface area contributed by atoms with Crippen LogP contribution in [0.3, 0.4) is 0 Å². The number of anilines is 1. The van der Waals surface area contributed by atoms with E-state index in [1.165, 1.54) is 10.6 Å². The predicted octanol–water partition coefficient (Wildman–Crippen LogP) is 3.98. The molecule has 0 bridgehead atoms. The summed E-state index contributed by atoms with van der Waals surface area (Å²) in [5, 5.41) is 5.34. The van der Waals surface area contributed by atoms with E-state index in [1.54, 1.807) is 0 Å². The number of rotatable bonds is 2. The molecule has 0 radical (unpaired) electrons. The average molecular weight is 418 g/mol. The maximum atomic E-state index is 12.4. The first-order chi connectivity index (χ1) is 14.5. The second-order valence-corrected chi connectivity index (χ2v) is 8.05. The van der Waals surface area contributed by atoms with Gasteiger partial charge in [-0.25, -0.2) is 4.98 Å². The molecule has 0 spiro atoms. The largest absolute Gasteiger partial charge is 0.350 e. The quantitative estimate of drug-likeness (QED) is 0.493. The van der Waals surface area contributed by atoms with Crippen LogP contribution in [0.25, 0.3) is 16.8 Å². The summed E-state index contributed by atoms with van der Waals surface area (Å²) in [5.41, 5.74) is 6.30. The smallest absolute Gasteiger partial charge is 0.274 e. The molecule has 3 aromatic heterocycles. The van der Waals surface area contributed by atoms with Gasteiger partial charge in [-0.15, -0.1) is 5.10 Å². The molecule has 6 nitrogen and oxygen atoms in total. The molecule has 0 unspecified atom stereocenters. The lowest BCUT2D eigenvalue weighted by Gasteiger charge is -2.30. The van der Waals surface area contributed by atoms with E-state index in [0.717, 1.165) is 46.7 Å². The van der Waals surface area contributed by atoms with Crippen molar-refractivity contribution < 1.29 is 0 Å². The number of pyridine rings is 1. The summed E-state index contributed by atoms with van der Waals surface area (Å²) in [4.78, 5) is 23.7. The lowest BCUT2D eigenvalue weighted by molar-refractivity contribution is 0.685. The molecule has 0 N–H and O–H groups in total. The molecule has 30 heavy (non-hydrogen) atoms. The van der Waals surface area contributed by atoms with E-state index >= 15 is 0 Å². The Morgan fingerprint density at radius 2 is 1.93 bits per heavy atom. The van der Waals surface area contributed by atoms with Crippen molar-refractivity contribution in [3.63, 3.8) is 0 Å². The number of hydrogen-bond donors (Lipinski definition) is 0. The molecule has 4 aromatic rings. The zero-order valence-corrected chi connectivity index (χ0v) is 17.5. The summed E-state index contributed by atoms with van der Waals surface area (Å²) < 4.78 is 1.38. The minimum atomic E-state index is -0.168. The van der Waals surface area contributed by atoms with Crippen LogP contribution in [-0.2, 0) is 13.0 Å². The average Bonchev–Trinajstić information content (AvgIpc) is 2.73. The Balaban J connectivity index is 1.54. The monoisotopic (exact) mass is 417 g/mol. The van der Waals surface area contributed by atoms with Crippen LogP contribution in [0.2, 0.25) is 5.02 Å². The fourth-order valence-electron chi connectivity index (χ4n) is 4.00. The normalized spacial score (nSPS) is 13.5. The third-order valence-corrected chi connectivity index (χ3v) is 5.80. The van der Waals surface area contributed by atoms with E-state index in [9.17, 15) is 4.79 Å². The van der Waals surface area contributed by atoms with Crippen LogP contribution in [0, 0.1) is 13.8 Å². The van der Waals surface area contributed by atoms with Gasteiger partial charge >= 0.3 is 0 Å². The van der Waals surface area contributed by atoms with Gasteiger partial charge in [0.2, 0.25) is 0 Å². The van der Waals surface area contributed by atoms with Crippen molar-refractivity contribution >= 4 is 23.1 Å². The Kier molecular flexibility index (Phi) is 4.51. The topological polar surface area (TPSA) is 63.4 Å². The Morgan fingerprint density at radius 1 is 1.10 bits per heavy atom. The molecule has 7 heteroatoms. The highest BCUT2D eigenvalue weighted by atomic mass is 35.5. The number of aryl methyl sites for hydroxylation is 2. The zero-order chi connectivity index (χ0) is 20.8. The lowest BCUT2D eigenvalue weighted by atomic mass is 10.00. The Labute approximate surface area is 178 Å². The van der Waals surface area contributed by atoms with Gasteiger partial charge in [-0.3, -0.25) is 9.78 Å². The van der Waals surface area contributed by atoms with Crippen LogP contribution in [0.1, 0.15) is 22.5 Å². The minimum Gasteiger partial charge on any atom is -0.350 e. The van der Waals surface area contributed by atoms with E-state index in [-0.39, 0.29) is 5.56 Å². The summed E-state index contributed by atoms with van der Waals surface area (Å²) in [5.74, 6) is 0.795. The van der Waals surface area contributed by atoms with Gasteiger partial charge in [0, 0.05) is 59.3 Å². The van der Waals surface area contributed by atoms with Crippen molar-refractivity contribution in [2.75, 3.05) is 11.4 Å². The van der Waals surface area contributed by atoms with Gasteiger partial charge in [-0.05, 0) is 43.2 Å². The summed E-state index contributed by atoms with van der Waals surface area (Å²) in [6.07, 6.45) is 2.71. The fraction of sp³-hybridized carbons (Fsp3) is 0.217. The van der Waals surface area contributed by atoms with E-state index in [1.807, 2.05) is 50.4 Å². The van der Waals surface area contributed by atoms with Crippen LogP contribution in [0.15, 0.2) is 53.5 Å². The molecule has 0 atom stereocenters. The molecule has 1 aliphatic heterocycles. The van der Waals surface area contributed by atoms with E-state index in [2.05, 4.69) is 21.0 Å². The summed E-state index contributed by atoms with van der Waals surface area (Å²) >= 11 is 6.38.